The number of rotatable bonds is 4. The highest BCUT2D eigenvalue weighted by Gasteiger charge is 2.41. The van der Waals surface area contributed by atoms with Gasteiger partial charge in [0.2, 0.25) is 0 Å². The number of aromatic nitrogens is 1. The van der Waals surface area contributed by atoms with Crippen LogP contribution >= 0.6 is 0 Å². The fraction of sp³-hybridized carbons (Fsp3) is 0.600. The van der Waals surface area contributed by atoms with Crippen LogP contribution in [-0.4, -0.2) is 30.3 Å². The summed E-state index contributed by atoms with van der Waals surface area (Å²) in [5, 5.41) is 3.29. The van der Waals surface area contributed by atoms with Gasteiger partial charge in [0, 0.05) is 18.7 Å². The number of alkyl halides is 3. The zero-order chi connectivity index (χ0) is 19.4. The molecular weight excluding hydrogens is 357 g/mol. The molecule has 1 aromatic rings. The molecule has 0 radical (unpaired) electrons. The third-order valence-electron chi connectivity index (χ3n) is 5.15. The van der Waals surface area contributed by atoms with Crippen molar-refractivity contribution in [1.29, 1.82) is 0 Å². The van der Waals surface area contributed by atoms with Crippen molar-refractivity contribution < 1.29 is 22.7 Å². The van der Waals surface area contributed by atoms with Crippen molar-refractivity contribution in [2.45, 2.75) is 57.2 Å². The Morgan fingerprint density at radius 2 is 1.96 bits per heavy atom. The number of nitrogens with zero attached hydrogens (tertiary/aromatic N) is 1. The zero-order valence-electron chi connectivity index (χ0n) is 15.2. The van der Waals surface area contributed by atoms with E-state index in [2.05, 4.69) is 22.1 Å². The minimum Gasteiger partial charge on any atom is -0.465 e. The van der Waals surface area contributed by atoms with E-state index in [1.165, 1.54) is 13.3 Å². The van der Waals surface area contributed by atoms with E-state index in [1.807, 2.05) is 0 Å². The number of hydrogen-bond acceptors (Lipinski definition) is 4. The second-order valence-electron chi connectivity index (χ2n) is 7.30. The van der Waals surface area contributed by atoms with E-state index in [0.717, 1.165) is 12.8 Å². The topological polar surface area (TPSA) is 51.2 Å². The monoisotopic (exact) mass is 380 g/mol. The molecule has 4 nitrogen and oxygen atoms in total. The van der Waals surface area contributed by atoms with Gasteiger partial charge in [-0.2, -0.15) is 13.2 Å². The van der Waals surface area contributed by atoms with Gasteiger partial charge in [-0.05, 0) is 50.5 Å². The molecule has 146 valence electrons. The van der Waals surface area contributed by atoms with Crippen molar-refractivity contribution in [3.8, 4) is 11.8 Å². The second kappa shape index (κ2) is 8.20. The molecule has 1 N–H and O–H groups in total. The normalized spacial score (nSPS) is 22.5. The zero-order valence-corrected chi connectivity index (χ0v) is 15.2. The summed E-state index contributed by atoms with van der Waals surface area (Å²) in [6, 6.07) is 2.04. The molecule has 0 amide bonds. The summed E-state index contributed by atoms with van der Waals surface area (Å²) in [4.78, 5) is 16.0. The summed E-state index contributed by atoms with van der Waals surface area (Å²) in [5.74, 6) is 5.31. The molecular formula is C20H23F3N2O2. The second-order valence-corrected chi connectivity index (χ2v) is 7.30. The van der Waals surface area contributed by atoms with E-state index >= 15 is 0 Å². The Hall–Kier alpha value is -2.23. The lowest BCUT2D eigenvalue weighted by molar-refractivity contribution is -0.183. The van der Waals surface area contributed by atoms with Crippen molar-refractivity contribution in [2.24, 2.45) is 11.8 Å². The van der Waals surface area contributed by atoms with E-state index in [-0.39, 0.29) is 18.8 Å². The Morgan fingerprint density at radius 1 is 1.26 bits per heavy atom. The van der Waals surface area contributed by atoms with Gasteiger partial charge in [-0.25, -0.2) is 9.78 Å². The van der Waals surface area contributed by atoms with Crippen LogP contribution in [-0.2, 0) is 4.74 Å². The first-order chi connectivity index (χ1) is 12.9. The number of ether oxygens (including phenoxy) is 1. The molecule has 2 aliphatic carbocycles. The van der Waals surface area contributed by atoms with Gasteiger partial charge in [0.1, 0.15) is 5.82 Å². The highest BCUT2D eigenvalue weighted by molar-refractivity contribution is 5.89. The van der Waals surface area contributed by atoms with Gasteiger partial charge < -0.3 is 10.1 Å². The molecule has 0 atom stereocenters. The number of pyridine rings is 1. The predicted molar refractivity (Wildman–Crippen MR) is 95.2 cm³/mol. The maximum absolute atomic E-state index is 12.7. The number of methoxy groups -OCH3 is 1. The van der Waals surface area contributed by atoms with Crippen LogP contribution < -0.4 is 5.32 Å². The van der Waals surface area contributed by atoms with E-state index in [9.17, 15) is 18.0 Å². The van der Waals surface area contributed by atoms with Gasteiger partial charge in [-0.1, -0.05) is 11.8 Å². The lowest BCUT2D eigenvalue weighted by Crippen LogP contribution is -2.27. The Bertz CT molecular complexity index is 740. The van der Waals surface area contributed by atoms with E-state index in [4.69, 9.17) is 4.74 Å². The predicted octanol–water partition coefficient (Wildman–Crippen LogP) is 4.55. The van der Waals surface area contributed by atoms with Crippen LogP contribution in [0.1, 0.15) is 60.9 Å². The third kappa shape index (κ3) is 5.38. The first-order valence-electron chi connectivity index (χ1n) is 9.27. The first-order valence-corrected chi connectivity index (χ1v) is 9.27. The largest absolute Gasteiger partial charge is 0.465 e. The number of carbonyl (C=O) groups excluding carboxylic acids is 1. The Labute approximate surface area is 156 Å². The summed E-state index contributed by atoms with van der Waals surface area (Å²) in [5.41, 5.74) is 0.947. The van der Waals surface area contributed by atoms with E-state index < -0.39 is 18.1 Å². The molecule has 3 rings (SSSR count). The van der Waals surface area contributed by atoms with Crippen LogP contribution in [0.2, 0.25) is 0 Å². The summed E-state index contributed by atoms with van der Waals surface area (Å²) in [6.07, 6.45) is 1.55. The van der Waals surface area contributed by atoms with Crippen molar-refractivity contribution in [2.75, 3.05) is 12.4 Å². The first kappa shape index (κ1) is 19.5. The van der Waals surface area contributed by atoms with Crippen LogP contribution in [0.25, 0.3) is 0 Å². The molecule has 0 spiro atoms. The lowest BCUT2D eigenvalue weighted by Gasteiger charge is -2.28. The molecule has 0 saturated heterocycles. The van der Waals surface area contributed by atoms with Crippen LogP contribution in [0.4, 0.5) is 19.0 Å². The van der Waals surface area contributed by atoms with E-state index in [0.29, 0.717) is 42.2 Å². The Balaban J connectivity index is 1.65. The molecule has 1 aromatic heterocycles. The summed E-state index contributed by atoms with van der Waals surface area (Å²) in [7, 11) is 1.31. The SMILES string of the molecule is COC(=O)c1cnc(NC2CC2)c(C#CC[C@H]2CC[C@H](C(F)(F)F)CC2)c1. The van der Waals surface area contributed by atoms with Gasteiger partial charge in [-0.15, -0.1) is 0 Å². The maximum atomic E-state index is 12.7. The fourth-order valence-electron chi connectivity index (χ4n) is 3.31. The van der Waals surface area contributed by atoms with Crippen molar-refractivity contribution in [3.63, 3.8) is 0 Å². The number of carbonyl (C=O) groups is 1. The van der Waals surface area contributed by atoms with Gasteiger partial charge in [0.15, 0.2) is 0 Å². The molecule has 27 heavy (non-hydrogen) atoms. The minimum atomic E-state index is -4.08. The third-order valence-corrected chi connectivity index (χ3v) is 5.15. The maximum Gasteiger partial charge on any atom is 0.391 e. The highest BCUT2D eigenvalue weighted by atomic mass is 19.4. The van der Waals surface area contributed by atoms with Crippen LogP contribution in [0.3, 0.4) is 0 Å². The Kier molecular flexibility index (Phi) is 5.93. The molecule has 0 aliphatic heterocycles. The quantitative estimate of drug-likeness (QED) is 0.615. The molecule has 7 heteroatoms. The number of anilines is 1. The van der Waals surface area contributed by atoms with Gasteiger partial charge in [-0.3, -0.25) is 0 Å². The van der Waals surface area contributed by atoms with Crippen molar-refractivity contribution in [3.05, 3.63) is 23.4 Å². The van der Waals surface area contributed by atoms with Crippen molar-refractivity contribution in [1.82, 2.24) is 4.98 Å². The van der Waals surface area contributed by atoms with Gasteiger partial charge in [0.25, 0.3) is 0 Å². The molecule has 0 bridgehead atoms. The summed E-state index contributed by atoms with van der Waals surface area (Å²) >= 11 is 0. The molecule has 2 aliphatic rings. The van der Waals surface area contributed by atoms with Crippen LogP contribution in [0.5, 0.6) is 0 Å². The number of nitrogens with one attached hydrogen (secondary N) is 1. The summed E-state index contributed by atoms with van der Waals surface area (Å²) in [6.45, 7) is 0. The lowest BCUT2D eigenvalue weighted by atomic mass is 9.80. The van der Waals surface area contributed by atoms with Crippen molar-refractivity contribution >= 4 is 11.8 Å². The smallest absolute Gasteiger partial charge is 0.391 e. The van der Waals surface area contributed by atoms with E-state index in [1.54, 1.807) is 6.07 Å². The molecule has 0 unspecified atom stereocenters. The number of esters is 1. The standard InChI is InChI=1S/C20H23F3N2O2/c1-27-19(26)15-11-14(18(24-12-15)25-17-9-10-17)4-2-3-13-5-7-16(8-6-13)20(21,22)23/h11-13,16-17H,3,5-10H2,1H3,(H,24,25)/t13-,16-. The number of halogens is 3. The molecule has 1 heterocycles. The molecule has 0 aromatic carbocycles. The molecule has 2 saturated carbocycles. The fourth-order valence-corrected chi connectivity index (χ4v) is 3.31. The highest BCUT2D eigenvalue weighted by Crippen LogP contribution is 2.40. The van der Waals surface area contributed by atoms with Crippen LogP contribution in [0.15, 0.2) is 12.3 Å². The molecule has 2 fully saturated rings. The van der Waals surface area contributed by atoms with Gasteiger partial charge in [0.05, 0.1) is 24.2 Å². The number of hydrogen-bond donors (Lipinski definition) is 1. The van der Waals surface area contributed by atoms with Gasteiger partial charge >= 0.3 is 12.1 Å². The van der Waals surface area contributed by atoms with Crippen LogP contribution in [0, 0.1) is 23.7 Å². The minimum absolute atomic E-state index is 0.184. The average molecular weight is 380 g/mol. The summed E-state index contributed by atoms with van der Waals surface area (Å²) < 4.78 is 43.0. The average Bonchev–Trinajstić information content (AvgIpc) is 3.46. The Morgan fingerprint density at radius 3 is 2.56 bits per heavy atom.